The van der Waals surface area contributed by atoms with E-state index in [1.54, 1.807) is 13.0 Å². The molecule has 1 saturated heterocycles. The van der Waals surface area contributed by atoms with E-state index < -0.39 is 72.8 Å². The van der Waals surface area contributed by atoms with Crippen LogP contribution in [0.1, 0.15) is 33.2 Å². The minimum atomic E-state index is -1.69. The second-order valence-corrected chi connectivity index (χ2v) is 9.65. The van der Waals surface area contributed by atoms with Gasteiger partial charge in [-0.15, -0.1) is 0 Å². The van der Waals surface area contributed by atoms with E-state index in [0.717, 1.165) is 6.07 Å². The van der Waals surface area contributed by atoms with Gasteiger partial charge in [0.2, 0.25) is 5.91 Å². The molecule has 0 spiro atoms. The van der Waals surface area contributed by atoms with Gasteiger partial charge in [0.15, 0.2) is 11.5 Å². The number of hydrogen-bond acceptors (Lipinski definition) is 10. The van der Waals surface area contributed by atoms with Crippen LogP contribution >= 0.6 is 0 Å². The van der Waals surface area contributed by atoms with Crippen LogP contribution in [0.3, 0.4) is 0 Å². The van der Waals surface area contributed by atoms with Crippen molar-refractivity contribution in [1.82, 2.24) is 25.8 Å². The van der Waals surface area contributed by atoms with Gasteiger partial charge < -0.3 is 45.8 Å². The summed E-state index contributed by atoms with van der Waals surface area (Å²) in [6, 6.07) is 5.27. The van der Waals surface area contributed by atoms with Gasteiger partial charge in [0, 0.05) is 26.2 Å². The zero-order chi connectivity index (χ0) is 31.4. The van der Waals surface area contributed by atoms with E-state index in [-0.39, 0.29) is 42.9 Å². The van der Waals surface area contributed by atoms with Crippen LogP contribution in [0.15, 0.2) is 36.4 Å². The number of carbonyl (C=O) groups is 6. The molecule has 16 nitrogen and oxygen atoms in total. The quantitative estimate of drug-likeness (QED) is 0.104. The molecule has 17 heteroatoms. The highest BCUT2D eigenvalue weighted by molar-refractivity contribution is 6.47. The zero-order valence-electron chi connectivity index (χ0n) is 22.8. The molecule has 0 saturated carbocycles. The van der Waals surface area contributed by atoms with E-state index in [2.05, 4.69) is 16.0 Å². The fraction of sp³-hybridized carbons (Fsp3) is 0.308. The number of phenolic OH excluding ortho intramolecular Hbond substituents is 2. The van der Waals surface area contributed by atoms with Gasteiger partial charge in [-0.25, -0.2) is 9.59 Å². The summed E-state index contributed by atoms with van der Waals surface area (Å²) in [5.74, 6) is -7.62. The van der Waals surface area contributed by atoms with E-state index >= 15 is 0 Å². The molecule has 43 heavy (non-hydrogen) atoms. The van der Waals surface area contributed by atoms with Crippen molar-refractivity contribution in [2.45, 2.75) is 25.3 Å². The molecule has 2 aromatic rings. The first-order chi connectivity index (χ1) is 20.4. The molecule has 0 aromatic heterocycles. The van der Waals surface area contributed by atoms with E-state index in [4.69, 9.17) is 4.65 Å². The van der Waals surface area contributed by atoms with Gasteiger partial charge in [0.25, 0.3) is 5.91 Å². The first-order valence-electron chi connectivity index (χ1n) is 13.1. The highest BCUT2D eigenvalue weighted by atomic mass is 16.5. The minimum Gasteiger partial charge on any atom is -0.534 e. The molecule has 6 amide bonds. The third-order valence-corrected chi connectivity index (χ3v) is 6.95. The molecule has 2 aromatic carbocycles. The minimum absolute atomic E-state index is 0.0560. The Hall–Kier alpha value is -5.32. The number of urea groups is 1. The molecule has 2 aliphatic rings. The lowest BCUT2D eigenvalue weighted by Crippen LogP contribution is -2.63. The van der Waals surface area contributed by atoms with Crippen molar-refractivity contribution in [2.75, 3.05) is 26.2 Å². The number of hydrogen-bond donors (Lipinski definition) is 7. The maximum atomic E-state index is 13.4. The molecular formula is C26H28BN5O11. The first-order valence-corrected chi connectivity index (χ1v) is 13.1. The summed E-state index contributed by atoms with van der Waals surface area (Å²) in [6.45, 7) is 1.24. The normalized spacial score (nSPS) is 17.0. The van der Waals surface area contributed by atoms with Crippen LogP contribution < -0.4 is 20.6 Å². The number of likely N-dealkylation sites (N-methyl/N-ethyl adjacent to an activating group) is 1. The molecule has 4 rings (SSSR count). The standard InChI is InChI=1S/C26H28BN5O11/c1-2-31-9-10-32(24(38)23(31)37)26(41)29-16(12-28-21(35)14-6-4-8-17(33)19(14)34)22(36)30-18-11-13-5-3-7-15(25(39)40)20(13)43-27(18)42/h3-8,16,18,33-34,42H,2,9-12H2,1H3,(H,28,35)(H,29,41)(H,30,36)(H,39,40)/t16-,18+/m1/s1. The number of aromatic carboxylic acids is 1. The Labute approximate surface area is 244 Å². The number of nitrogens with zero attached hydrogens (tertiary/aromatic N) is 2. The van der Waals surface area contributed by atoms with Crippen LogP contribution in [-0.4, -0.2) is 111 Å². The molecule has 2 atom stereocenters. The average molecular weight is 597 g/mol. The molecule has 226 valence electrons. The zero-order valence-corrected chi connectivity index (χ0v) is 22.8. The third-order valence-electron chi connectivity index (χ3n) is 6.95. The Morgan fingerprint density at radius 1 is 1.05 bits per heavy atom. The number of aromatic hydroxyl groups is 2. The predicted octanol–water partition coefficient (Wildman–Crippen LogP) is -1.57. The first kappa shape index (κ1) is 30.6. The molecule has 2 heterocycles. The smallest absolute Gasteiger partial charge is 0.534 e. The van der Waals surface area contributed by atoms with Crippen LogP contribution in [0, 0.1) is 0 Å². The van der Waals surface area contributed by atoms with Crippen molar-refractivity contribution in [1.29, 1.82) is 0 Å². The number of nitrogens with one attached hydrogen (secondary N) is 3. The number of benzene rings is 2. The van der Waals surface area contributed by atoms with E-state index in [1.165, 1.54) is 29.2 Å². The molecule has 0 bridgehead atoms. The molecule has 0 radical (unpaired) electrons. The number of para-hydroxylation sites is 2. The largest absolute Gasteiger partial charge is 0.547 e. The summed E-state index contributed by atoms with van der Waals surface area (Å²) in [7, 11) is -1.69. The van der Waals surface area contributed by atoms with Gasteiger partial charge in [0.05, 0.1) is 17.1 Å². The Kier molecular flexibility index (Phi) is 9.04. The van der Waals surface area contributed by atoms with Gasteiger partial charge in [0.1, 0.15) is 11.8 Å². The highest BCUT2D eigenvalue weighted by Gasteiger charge is 2.40. The second kappa shape index (κ2) is 12.7. The highest BCUT2D eigenvalue weighted by Crippen LogP contribution is 2.30. The van der Waals surface area contributed by atoms with Crippen LogP contribution in [-0.2, 0) is 20.8 Å². The Bertz CT molecular complexity index is 1490. The van der Waals surface area contributed by atoms with E-state index in [1.807, 2.05) is 0 Å². The maximum Gasteiger partial charge on any atom is 0.547 e. The van der Waals surface area contributed by atoms with E-state index in [0.29, 0.717) is 10.5 Å². The lowest BCUT2D eigenvalue weighted by atomic mass is 9.72. The molecule has 0 unspecified atom stereocenters. The lowest BCUT2D eigenvalue weighted by molar-refractivity contribution is -0.153. The summed E-state index contributed by atoms with van der Waals surface area (Å²) in [4.78, 5) is 77.3. The number of piperazine rings is 1. The fourth-order valence-corrected chi connectivity index (χ4v) is 4.61. The van der Waals surface area contributed by atoms with Crippen LogP contribution in [0.5, 0.6) is 17.2 Å². The third kappa shape index (κ3) is 6.46. The van der Waals surface area contributed by atoms with Crippen LogP contribution in [0.2, 0.25) is 0 Å². The molecule has 7 N–H and O–H groups in total. The average Bonchev–Trinajstić information content (AvgIpc) is 2.97. The SMILES string of the molecule is CCN1CCN(C(=O)N[C@H](CNC(=O)c2cccc(O)c2O)C(=O)N[C@H]2Cc3cccc(C(=O)O)c3OB2O)C(=O)C1=O. The monoisotopic (exact) mass is 597 g/mol. The van der Waals surface area contributed by atoms with Crippen molar-refractivity contribution in [2.24, 2.45) is 0 Å². The summed E-state index contributed by atoms with van der Waals surface area (Å²) >= 11 is 0. The van der Waals surface area contributed by atoms with Gasteiger partial charge in [-0.1, -0.05) is 18.2 Å². The Morgan fingerprint density at radius 3 is 2.44 bits per heavy atom. The number of amides is 6. The predicted molar refractivity (Wildman–Crippen MR) is 146 cm³/mol. The van der Waals surface area contributed by atoms with E-state index in [9.17, 15) is 49.1 Å². The van der Waals surface area contributed by atoms with Gasteiger partial charge >= 0.3 is 30.9 Å². The van der Waals surface area contributed by atoms with Crippen molar-refractivity contribution in [3.63, 3.8) is 0 Å². The Morgan fingerprint density at radius 2 is 1.74 bits per heavy atom. The maximum absolute atomic E-state index is 13.4. The van der Waals surface area contributed by atoms with Gasteiger partial charge in [-0.05, 0) is 37.1 Å². The number of rotatable bonds is 8. The topological polar surface area (TPSA) is 235 Å². The van der Waals surface area contributed by atoms with Crippen molar-refractivity contribution < 1.29 is 53.8 Å². The number of fused-ring (bicyclic) bond motifs is 1. The fourth-order valence-electron chi connectivity index (χ4n) is 4.61. The summed E-state index contributed by atoms with van der Waals surface area (Å²) < 4.78 is 5.38. The van der Waals surface area contributed by atoms with Crippen LogP contribution in [0.25, 0.3) is 0 Å². The lowest BCUT2D eigenvalue weighted by Gasteiger charge is -2.33. The van der Waals surface area contributed by atoms with Gasteiger partial charge in [-0.3, -0.25) is 24.1 Å². The van der Waals surface area contributed by atoms with Crippen molar-refractivity contribution >= 4 is 42.7 Å². The summed E-state index contributed by atoms with van der Waals surface area (Å²) in [5.41, 5.74) is -0.141. The Balaban J connectivity index is 1.52. The number of phenols is 2. The number of carbonyl (C=O) groups excluding carboxylic acids is 5. The second-order valence-electron chi connectivity index (χ2n) is 9.65. The summed E-state index contributed by atoms with van der Waals surface area (Å²) in [5, 5.41) is 46.8. The number of imide groups is 1. The number of carboxylic acids is 1. The summed E-state index contributed by atoms with van der Waals surface area (Å²) in [6.07, 6.45) is -0.0560. The molecule has 1 fully saturated rings. The molecular weight excluding hydrogens is 569 g/mol. The van der Waals surface area contributed by atoms with Gasteiger partial charge in [-0.2, -0.15) is 0 Å². The number of carboxylic acid groups (broad SMARTS) is 1. The van der Waals surface area contributed by atoms with Crippen molar-refractivity contribution in [3.8, 4) is 17.2 Å². The molecule has 0 aliphatic carbocycles. The van der Waals surface area contributed by atoms with Crippen LogP contribution in [0.4, 0.5) is 4.79 Å². The molecule has 2 aliphatic heterocycles. The van der Waals surface area contributed by atoms with Crippen molar-refractivity contribution in [3.05, 3.63) is 53.1 Å².